The van der Waals surface area contributed by atoms with E-state index >= 15 is 0 Å². The van der Waals surface area contributed by atoms with Gasteiger partial charge in [0.15, 0.2) is 0 Å². The van der Waals surface area contributed by atoms with Gasteiger partial charge in [0.25, 0.3) is 0 Å². The molecule has 2 aromatic rings. The molecule has 2 rings (SSSR count). The molecule has 0 saturated carbocycles. The van der Waals surface area contributed by atoms with Crippen molar-refractivity contribution < 1.29 is 5.11 Å². The van der Waals surface area contributed by atoms with Crippen molar-refractivity contribution in [2.45, 2.75) is 45.9 Å². The number of aryl methyl sites for hydroxylation is 2. The molecule has 104 valence electrons. The van der Waals surface area contributed by atoms with Gasteiger partial charge in [-0.3, -0.25) is 4.68 Å². The number of hydrogen-bond acceptors (Lipinski definition) is 3. The van der Waals surface area contributed by atoms with E-state index in [0.717, 1.165) is 31.6 Å². The molecule has 19 heavy (non-hydrogen) atoms. The van der Waals surface area contributed by atoms with Crippen LogP contribution < -0.4 is 0 Å². The maximum atomic E-state index is 10.6. The smallest absolute Gasteiger partial charge is 0.139 e. The first-order valence-corrected chi connectivity index (χ1v) is 6.96. The number of aliphatic hydroxyl groups is 1. The van der Waals surface area contributed by atoms with E-state index in [1.165, 1.54) is 0 Å². The molecule has 5 nitrogen and oxygen atoms in total. The summed E-state index contributed by atoms with van der Waals surface area (Å²) in [6, 6.07) is 0. The van der Waals surface area contributed by atoms with Gasteiger partial charge in [-0.15, -0.1) is 0 Å². The standard InChI is InChI=1S/C13H19ClN4O/c1-3-5-17-9-15-8-11(17)13(19)12-10(14)7-16-18(12)6-4-2/h7-9,13,19H,3-6H2,1-2H3. The van der Waals surface area contributed by atoms with Crippen LogP contribution in [0.2, 0.25) is 5.02 Å². The minimum Gasteiger partial charge on any atom is -0.380 e. The summed E-state index contributed by atoms with van der Waals surface area (Å²) in [6.45, 7) is 5.71. The molecule has 0 aromatic carbocycles. The van der Waals surface area contributed by atoms with Crippen LogP contribution in [0.4, 0.5) is 0 Å². The summed E-state index contributed by atoms with van der Waals surface area (Å²) in [5.74, 6) is 0. The Hall–Kier alpha value is -1.33. The summed E-state index contributed by atoms with van der Waals surface area (Å²) < 4.78 is 3.71. The molecule has 2 aromatic heterocycles. The van der Waals surface area contributed by atoms with Gasteiger partial charge in [-0.05, 0) is 12.8 Å². The van der Waals surface area contributed by atoms with Crippen LogP contribution in [-0.2, 0) is 13.1 Å². The zero-order valence-corrected chi connectivity index (χ0v) is 12.0. The molecule has 0 spiro atoms. The lowest BCUT2D eigenvalue weighted by atomic mass is 10.2. The van der Waals surface area contributed by atoms with E-state index in [0.29, 0.717) is 10.7 Å². The van der Waals surface area contributed by atoms with E-state index < -0.39 is 6.10 Å². The van der Waals surface area contributed by atoms with E-state index in [1.54, 1.807) is 23.4 Å². The van der Waals surface area contributed by atoms with Gasteiger partial charge in [-0.2, -0.15) is 5.10 Å². The summed E-state index contributed by atoms with van der Waals surface area (Å²) in [7, 11) is 0. The molecular weight excluding hydrogens is 264 g/mol. The molecule has 2 heterocycles. The second-order valence-corrected chi connectivity index (χ2v) is 4.92. The maximum Gasteiger partial charge on any atom is 0.139 e. The van der Waals surface area contributed by atoms with E-state index in [2.05, 4.69) is 23.9 Å². The Morgan fingerprint density at radius 1 is 1.26 bits per heavy atom. The molecule has 6 heteroatoms. The Kier molecular flexibility index (Phi) is 4.61. The maximum absolute atomic E-state index is 10.6. The highest BCUT2D eigenvalue weighted by molar-refractivity contribution is 6.31. The van der Waals surface area contributed by atoms with Gasteiger partial charge in [0.1, 0.15) is 6.10 Å². The van der Waals surface area contributed by atoms with Gasteiger partial charge >= 0.3 is 0 Å². The molecule has 0 saturated heterocycles. The number of hydrogen-bond donors (Lipinski definition) is 1. The molecule has 1 atom stereocenters. The van der Waals surface area contributed by atoms with Crippen LogP contribution in [-0.4, -0.2) is 24.4 Å². The summed E-state index contributed by atoms with van der Waals surface area (Å²) in [4.78, 5) is 4.11. The highest BCUT2D eigenvalue weighted by Gasteiger charge is 2.22. The first-order chi connectivity index (χ1) is 9.19. The second-order valence-electron chi connectivity index (χ2n) is 4.52. The quantitative estimate of drug-likeness (QED) is 0.886. The Morgan fingerprint density at radius 2 is 2.00 bits per heavy atom. The van der Waals surface area contributed by atoms with Gasteiger partial charge in [-0.1, -0.05) is 25.4 Å². The molecular formula is C13H19ClN4O. The fourth-order valence-corrected chi connectivity index (χ4v) is 2.40. The molecule has 0 radical (unpaired) electrons. The van der Waals surface area contributed by atoms with Gasteiger partial charge < -0.3 is 9.67 Å². The third kappa shape index (κ3) is 2.82. The Morgan fingerprint density at radius 3 is 2.68 bits per heavy atom. The van der Waals surface area contributed by atoms with Crippen LogP contribution in [0, 0.1) is 0 Å². The Bertz CT molecular complexity index is 534. The van der Waals surface area contributed by atoms with Crippen molar-refractivity contribution in [1.82, 2.24) is 19.3 Å². The van der Waals surface area contributed by atoms with Crippen LogP contribution in [0.1, 0.15) is 44.2 Å². The lowest BCUT2D eigenvalue weighted by Crippen LogP contribution is -2.14. The number of aliphatic hydroxyl groups excluding tert-OH is 1. The SMILES string of the molecule is CCCn1cncc1C(O)c1c(Cl)cnn1CCC. The van der Waals surface area contributed by atoms with Crippen LogP contribution in [0.25, 0.3) is 0 Å². The number of aromatic nitrogens is 4. The first-order valence-electron chi connectivity index (χ1n) is 6.58. The average molecular weight is 283 g/mol. The van der Waals surface area contributed by atoms with Crippen LogP contribution in [0.15, 0.2) is 18.7 Å². The summed E-state index contributed by atoms with van der Waals surface area (Å²) in [5, 5.41) is 15.3. The molecule has 0 bridgehead atoms. The van der Waals surface area contributed by atoms with E-state index in [-0.39, 0.29) is 0 Å². The molecule has 1 unspecified atom stereocenters. The summed E-state index contributed by atoms with van der Waals surface area (Å²) >= 11 is 6.15. The first kappa shape index (κ1) is 14.1. The predicted octanol–water partition coefficient (Wildman–Crippen LogP) is 2.63. The third-order valence-electron chi connectivity index (χ3n) is 3.02. The molecule has 1 N–H and O–H groups in total. The van der Waals surface area contributed by atoms with Crippen molar-refractivity contribution >= 4 is 11.6 Å². The van der Waals surface area contributed by atoms with Crippen molar-refractivity contribution in [3.63, 3.8) is 0 Å². The van der Waals surface area contributed by atoms with Crippen molar-refractivity contribution in [2.24, 2.45) is 0 Å². The van der Waals surface area contributed by atoms with Crippen LogP contribution in [0.3, 0.4) is 0 Å². The van der Waals surface area contributed by atoms with E-state index in [1.807, 2.05) is 4.57 Å². The van der Waals surface area contributed by atoms with E-state index in [9.17, 15) is 5.11 Å². The average Bonchev–Trinajstić information content (AvgIpc) is 2.97. The lowest BCUT2D eigenvalue weighted by Gasteiger charge is -2.15. The normalized spacial score (nSPS) is 12.8. The van der Waals surface area contributed by atoms with Crippen molar-refractivity contribution in [1.29, 1.82) is 0 Å². The lowest BCUT2D eigenvalue weighted by molar-refractivity contribution is 0.197. The highest BCUT2D eigenvalue weighted by atomic mass is 35.5. The van der Waals surface area contributed by atoms with Gasteiger partial charge in [0.05, 0.1) is 35.1 Å². The van der Waals surface area contributed by atoms with Crippen LogP contribution >= 0.6 is 11.6 Å². The number of rotatable bonds is 6. The fourth-order valence-electron chi connectivity index (χ4n) is 2.16. The van der Waals surface area contributed by atoms with Gasteiger partial charge in [0.2, 0.25) is 0 Å². The molecule has 0 aliphatic carbocycles. The predicted molar refractivity (Wildman–Crippen MR) is 74.1 cm³/mol. The van der Waals surface area contributed by atoms with Crippen molar-refractivity contribution in [2.75, 3.05) is 0 Å². The fraction of sp³-hybridized carbons (Fsp3) is 0.538. The minimum absolute atomic E-state index is 0.491. The molecule has 0 amide bonds. The summed E-state index contributed by atoms with van der Waals surface area (Å²) in [6.07, 6.45) is 6.12. The minimum atomic E-state index is -0.796. The van der Waals surface area contributed by atoms with Crippen molar-refractivity contribution in [3.05, 3.63) is 35.1 Å². The monoisotopic (exact) mass is 282 g/mol. The molecule has 0 fully saturated rings. The zero-order chi connectivity index (χ0) is 13.8. The summed E-state index contributed by atoms with van der Waals surface area (Å²) in [5.41, 5.74) is 1.39. The number of nitrogens with zero attached hydrogens (tertiary/aromatic N) is 4. The molecule has 0 aliphatic heterocycles. The number of imidazole rings is 1. The number of halogens is 1. The van der Waals surface area contributed by atoms with Crippen molar-refractivity contribution in [3.8, 4) is 0 Å². The topological polar surface area (TPSA) is 55.9 Å². The highest BCUT2D eigenvalue weighted by Crippen LogP contribution is 2.28. The van der Waals surface area contributed by atoms with Crippen LogP contribution in [0.5, 0.6) is 0 Å². The largest absolute Gasteiger partial charge is 0.380 e. The zero-order valence-electron chi connectivity index (χ0n) is 11.3. The van der Waals surface area contributed by atoms with E-state index in [4.69, 9.17) is 11.6 Å². The Labute approximate surface area is 117 Å². The van der Waals surface area contributed by atoms with Gasteiger partial charge in [0, 0.05) is 13.1 Å². The Balaban J connectivity index is 2.35. The second kappa shape index (κ2) is 6.21. The van der Waals surface area contributed by atoms with Gasteiger partial charge in [-0.25, -0.2) is 4.98 Å². The third-order valence-corrected chi connectivity index (χ3v) is 3.31. The molecule has 0 aliphatic rings.